The number of hydrogen-bond acceptors (Lipinski definition) is 7. The van der Waals surface area contributed by atoms with Crippen LogP contribution in [0.3, 0.4) is 0 Å². The van der Waals surface area contributed by atoms with Gasteiger partial charge in [-0.25, -0.2) is 4.57 Å². The number of aliphatic hydroxyl groups is 1. The van der Waals surface area contributed by atoms with Gasteiger partial charge in [0, 0.05) is 19.4 Å². The van der Waals surface area contributed by atoms with Gasteiger partial charge in [-0.3, -0.25) is 18.6 Å². The molecule has 0 saturated heterocycles. The van der Waals surface area contributed by atoms with E-state index in [-0.39, 0.29) is 32.1 Å². The van der Waals surface area contributed by atoms with E-state index in [1.807, 2.05) is 0 Å². The van der Waals surface area contributed by atoms with Crippen LogP contribution in [0.5, 0.6) is 0 Å². The zero-order valence-electron chi connectivity index (χ0n) is 32.3. The molecule has 9 nitrogen and oxygen atoms in total. The van der Waals surface area contributed by atoms with E-state index in [0.29, 0.717) is 6.42 Å². The number of rotatable bonds is 37. The van der Waals surface area contributed by atoms with Crippen molar-refractivity contribution in [3.05, 3.63) is 48.6 Å². The topological polar surface area (TPSA) is 131 Å². The van der Waals surface area contributed by atoms with E-state index in [1.54, 1.807) is 0 Å². The minimum Gasteiger partial charge on any atom is -0.463 e. The van der Waals surface area contributed by atoms with Gasteiger partial charge >= 0.3 is 13.8 Å². The molecular formula is C41H74NO8P. The van der Waals surface area contributed by atoms with Gasteiger partial charge in [0.2, 0.25) is 5.91 Å². The highest BCUT2D eigenvalue weighted by Gasteiger charge is 2.23. The third-order valence-corrected chi connectivity index (χ3v) is 9.20. The van der Waals surface area contributed by atoms with E-state index >= 15 is 0 Å². The molecule has 0 radical (unpaired) electrons. The largest absolute Gasteiger partial charge is 0.472 e. The Morgan fingerprint density at radius 3 is 1.65 bits per heavy atom. The molecule has 51 heavy (non-hydrogen) atoms. The molecular weight excluding hydrogens is 665 g/mol. The van der Waals surface area contributed by atoms with Crippen molar-refractivity contribution in [2.24, 2.45) is 0 Å². The average Bonchev–Trinajstić information content (AvgIpc) is 3.11. The van der Waals surface area contributed by atoms with Crippen molar-refractivity contribution in [2.75, 3.05) is 26.4 Å². The first kappa shape index (κ1) is 49.0. The first-order valence-electron chi connectivity index (χ1n) is 20.1. The standard InChI is InChI=1S/C41H74NO8P/c1-3-5-7-9-11-13-15-17-18-19-20-22-23-25-27-29-31-33-40(44)42-35-36-49-51(46,47)50-38-39(43)37-48-41(45)34-32-30-28-26-24-21-16-14-12-10-8-6-4-2/h8,10-11,13-14,16-18,39,43H,3-7,9,12,15,19-38H2,1-2H3,(H,42,44)(H,46,47)/b10-8-,13-11-,16-14-,18-17-. The van der Waals surface area contributed by atoms with Gasteiger partial charge in [0.05, 0.1) is 13.2 Å². The molecule has 0 aliphatic rings. The van der Waals surface area contributed by atoms with Crippen LogP contribution in [0.15, 0.2) is 48.6 Å². The summed E-state index contributed by atoms with van der Waals surface area (Å²) in [4.78, 5) is 33.8. The van der Waals surface area contributed by atoms with Crippen LogP contribution in [0.1, 0.15) is 168 Å². The average molecular weight is 740 g/mol. The van der Waals surface area contributed by atoms with Gasteiger partial charge in [-0.05, 0) is 70.6 Å². The van der Waals surface area contributed by atoms with Gasteiger partial charge < -0.3 is 20.1 Å². The molecule has 0 aromatic rings. The Labute approximate surface area is 311 Å². The van der Waals surface area contributed by atoms with Gasteiger partial charge in [-0.2, -0.15) is 0 Å². The van der Waals surface area contributed by atoms with E-state index in [9.17, 15) is 24.2 Å². The molecule has 0 aliphatic heterocycles. The minimum atomic E-state index is -4.42. The molecule has 296 valence electrons. The van der Waals surface area contributed by atoms with Crippen LogP contribution < -0.4 is 5.32 Å². The number of amides is 1. The monoisotopic (exact) mass is 740 g/mol. The van der Waals surface area contributed by atoms with E-state index in [2.05, 4.69) is 67.8 Å². The number of phosphoric acid groups is 1. The molecule has 0 saturated carbocycles. The molecule has 0 heterocycles. The van der Waals surface area contributed by atoms with Crippen molar-refractivity contribution < 1.29 is 37.9 Å². The number of nitrogens with one attached hydrogen (secondary N) is 1. The fourth-order valence-corrected chi connectivity index (χ4v) is 5.91. The smallest absolute Gasteiger partial charge is 0.463 e. The van der Waals surface area contributed by atoms with Crippen LogP contribution in [0.4, 0.5) is 0 Å². The second kappa shape index (κ2) is 37.7. The molecule has 3 N–H and O–H groups in total. The van der Waals surface area contributed by atoms with Crippen LogP contribution in [0, 0.1) is 0 Å². The number of unbranched alkanes of at least 4 members (excludes halogenated alkanes) is 16. The van der Waals surface area contributed by atoms with Gasteiger partial charge in [-0.15, -0.1) is 0 Å². The van der Waals surface area contributed by atoms with Crippen molar-refractivity contribution in [1.29, 1.82) is 0 Å². The predicted octanol–water partition coefficient (Wildman–Crippen LogP) is 10.8. The molecule has 0 spiro atoms. The lowest BCUT2D eigenvalue weighted by molar-refractivity contribution is -0.147. The lowest BCUT2D eigenvalue weighted by Crippen LogP contribution is -2.27. The summed E-state index contributed by atoms with van der Waals surface area (Å²) in [5.74, 6) is -0.542. The minimum absolute atomic E-state index is 0.0741. The first-order valence-corrected chi connectivity index (χ1v) is 21.6. The summed E-state index contributed by atoms with van der Waals surface area (Å²) < 4.78 is 26.8. The highest BCUT2D eigenvalue weighted by atomic mass is 31.2. The van der Waals surface area contributed by atoms with Crippen molar-refractivity contribution in [1.82, 2.24) is 5.32 Å². The summed E-state index contributed by atoms with van der Waals surface area (Å²) in [5, 5.41) is 12.7. The predicted molar refractivity (Wildman–Crippen MR) is 210 cm³/mol. The summed E-state index contributed by atoms with van der Waals surface area (Å²) >= 11 is 0. The third kappa shape index (κ3) is 39.0. The molecule has 0 rings (SSSR count). The quantitative estimate of drug-likeness (QED) is 0.0248. The number of hydrogen-bond donors (Lipinski definition) is 3. The van der Waals surface area contributed by atoms with Gasteiger partial charge in [0.25, 0.3) is 0 Å². The Morgan fingerprint density at radius 1 is 0.608 bits per heavy atom. The molecule has 0 aromatic heterocycles. The third-order valence-electron chi connectivity index (χ3n) is 8.21. The van der Waals surface area contributed by atoms with Gasteiger partial charge in [-0.1, -0.05) is 133 Å². The lowest BCUT2D eigenvalue weighted by Gasteiger charge is -2.15. The summed E-state index contributed by atoms with van der Waals surface area (Å²) in [6.45, 7) is 3.42. The number of allylic oxidation sites excluding steroid dienone is 8. The molecule has 10 heteroatoms. The number of carbonyl (C=O) groups excluding carboxylic acids is 2. The first-order chi connectivity index (χ1) is 24.8. The molecule has 0 fully saturated rings. The number of ether oxygens (including phenoxy) is 1. The van der Waals surface area contributed by atoms with Crippen LogP contribution in [-0.4, -0.2) is 54.3 Å². The highest BCUT2D eigenvalue weighted by molar-refractivity contribution is 7.47. The maximum Gasteiger partial charge on any atom is 0.472 e. The van der Waals surface area contributed by atoms with Crippen LogP contribution in [0.2, 0.25) is 0 Å². The Balaban J connectivity index is 3.64. The maximum absolute atomic E-state index is 12.1. The van der Waals surface area contributed by atoms with E-state index < -0.39 is 26.5 Å². The number of esters is 1. The van der Waals surface area contributed by atoms with Crippen molar-refractivity contribution >= 4 is 19.7 Å². The SMILES string of the molecule is CCC/C=C\C/C=C\CCCCCCCC(=O)OCC(O)COP(=O)(O)OCCNC(=O)CCCCCCCCC/C=C\C/C=C\CCCCC. The normalized spacial score (nSPS) is 13.9. The fourth-order valence-electron chi connectivity index (χ4n) is 5.15. The summed E-state index contributed by atoms with van der Waals surface area (Å²) in [6.07, 6.45) is 41.8. The Morgan fingerprint density at radius 2 is 1.10 bits per heavy atom. The van der Waals surface area contributed by atoms with Crippen molar-refractivity contribution in [3.63, 3.8) is 0 Å². The maximum atomic E-state index is 12.1. The van der Waals surface area contributed by atoms with Crippen LogP contribution >= 0.6 is 7.82 Å². The second-order valence-corrected chi connectivity index (χ2v) is 14.7. The zero-order valence-corrected chi connectivity index (χ0v) is 33.2. The van der Waals surface area contributed by atoms with E-state index in [0.717, 1.165) is 83.5 Å². The molecule has 2 unspecified atom stereocenters. The molecule has 1 amide bonds. The second-order valence-electron chi connectivity index (χ2n) is 13.2. The van der Waals surface area contributed by atoms with Gasteiger partial charge in [0.1, 0.15) is 12.7 Å². The van der Waals surface area contributed by atoms with Crippen LogP contribution in [-0.2, 0) is 27.9 Å². The van der Waals surface area contributed by atoms with Crippen molar-refractivity contribution in [2.45, 2.75) is 174 Å². The van der Waals surface area contributed by atoms with Crippen molar-refractivity contribution in [3.8, 4) is 0 Å². The van der Waals surface area contributed by atoms with E-state index in [4.69, 9.17) is 13.8 Å². The molecule has 0 aliphatic carbocycles. The number of phosphoric ester groups is 1. The Hall–Kier alpha value is -2.03. The zero-order chi connectivity index (χ0) is 37.5. The number of aliphatic hydroxyl groups excluding tert-OH is 1. The van der Waals surface area contributed by atoms with E-state index in [1.165, 1.54) is 57.8 Å². The summed E-state index contributed by atoms with van der Waals surface area (Å²) in [5.41, 5.74) is 0. The Kier molecular flexibility index (Phi) is 36.2. The molecule has 2 atom stereocenters. The Bertz CT molecular complexity index is 981. The fraction of sp³-hybridized carbons (Fsp3) is 0.756. The summed E-state index contributed by atoms with van der Waals surface area (Å²) in [6, 6.07) is 0. The number of carbonyl (C=O) groups is 2. The van der Waals surface area contributed by atoms with Gasteiger partial charge in [0.15, 0.2) is 0 Å². The van der Waals surface area contributed by atoms with Crippen LogP contribution in [0.25, 0.3) is 0 Å². The lowest BCUT2D eigenvalue weighted by atomic mass is 10.1. The summed E-state index contributed by atoms with van der Waals surface area (Å²) in [7, 11) is -4.42. The molecule has 0 bridgehead atoms. The highest BCUT2D eigenvalue weighted by Crippen LogP contribution is 2.42. The molecule has 0 aromatic carbocycles.